The van der Waals surface area contributed by atoms with Crippen LogP contribution in [0.4, 0.5) is 4.79 Å². The number of nitrogens with one attached hydrogen (secondary N) is 1. The Hall–Kier alpha value is -2.53. The van der Waals surface area contributed by atoms with E-state index in [1.165, 1.54) is 27.8 Å². The molecule has 2 aromatic carbocycles. The van der Waals surface area contributed by atoms with E-state index in [0.717, 1.165) is 64.1 Å². The molecule has 0 spiro atoms. The Morgan fingerprint density at radius 2 is 1.89 bits per heavy atom. The van der Waals surface area contributed by atoms with Crippen LogP contribution in [0.25, 0.3) is 11.1 Å². The lowest BCUT2D eigenvalue weighted by Gasteiger charge is -2.44. The molecule has 3 saturated heterocycles. The topological polar surface area (TPSA) is 50.8 Å². The SMILES string of the molecule is CCCCOc1ccc(-c2cc3c(cc2C)[C@H](NC(=O)O[C@@H]2CN4CCC2CC4)C(C)(C)C3)cc1. The number of nitrogens with zero attached hydrogens (tertiary/aromatic N) is 1. The van der Waals surface area contributed by atoms with Crippen molar-refractivity contribution in [2.45, 2.75) is 71.9 Å². The highest BCUT2D eigenvalue weighted by Gasteiger charge is 2.42. The smallest absolute Gasteiger partial charge is 0.407 e. The van der Waals surface area contributed by atoms with Crippen LogP contribution in [0.2, 0.25) is 0 Å². The van der Waals surface area contributed by atoms with Gasteiger partial charge in [-0.05, 0) is 97.0 Å². The number of carbonyl (C=O) groups excluding carboxylic acids is 1. The van der Waals surface area contributed by atoms with Crippen molar-refractivity contribution in [1.29, 1.82) is 0 Å². The third kappa shape index (κ3) is 5.06. The quantitative estimate of drug-likeness (QED) is 0.478. The number of amides is 1. The number of aryl methyl sites for hydroxylation is 1. The van der Waals surface area contributed by atoms with E-state index in [4.69, 9.17) is 9.47 Å². The summed E-state index contributed by atoms with van der Waals surface area (Å²) < 4.78 is 11.8. The van der Waals surface area contributed by atoms with Gasteiger partial charge < -0.3 is 14.8 Å². The van der Waals surface area contributed by atoms with E-state index < -0.39 is 0 Å². The molecule has 2 aromatic rings. The van der Waals surface area contributed by atoms with Crippen LogP contribution < -0.4 is 10.1 Å². The van der Waals surface area contributed by atoms with Crippen molar-refractivity contribution in [2.24, 2.45) is 11.3 Å². The zero-order chi connectivity index (χ0) is 24.6. The predicted octanol–water partition coefficient (Wildman–Crippen LogP) is 6.28. The number of benzene rings is 2. The molecule has 3 aliphatic heterocycles. The number of ether oxygens (including phenoxy) is 2. The van der Waals surface area contributed by atoms with Crippen molar-refractivity contribution in [2.75, 3.05) is 26.2 Å². The number of alkyl carbamates (subject to hydrolysis) is 1. The van der Waals surface area contributed by atoms with Crippen LogP contribution in [0.15, 0.2) is 36.4 Å². The molecule has 0 aromatic heterocycles. The van der Waals surface area contributed by atoms with E-state index in [1.807, 2.05) is 0 Å². The second-order valence-corrected chi connectivity index (χ2v) is 11.4. The number of hydrogen-bond acceptors (Lipinski definition) is 4. The van der Waals surface area contributed by atoms with Crippen LogP contribution in [0.1, 0.15) is 69.2 Å². The third-order valence-corrected chi connectivity index (χ3v) is 8.27. The molecule has 4 aliphatic rings. The van der Waals surface area contributed by atoms with E-state index in [0.29, 0.717) is 5.92 Å². The van der Waals surface area contributed by atoms with Crippen LogP contribution in [0, 0.1) is 18.3 Å². The molecule has 0 unspecified atom stereocenters. The molecule has 5 nitrogen and oxygen atoms in total. The fourth-order valence-corrected chi connectivity index (χ4v) is 6.19. The summed E-state index contributed by atoms with van der Waals surface area (Å²) in [5, 5.41) is 3.25. The number of carbonyl (C=O) groups is 1. The number of fused-ring (bicyclic) bond motifs is 4. The van der Waals surface area contributed by atoms with Crippen LogP contribution in [0.5, 0.6) is 5.75 Å². The Morgan fingerprint density at radius 1 is 1.14 bits per heavy atom. The molecular formula is C30H40N2O3. The van der Waals surface area contributed by atoms with Gasteiger partial charge in [0.2, 0.25) is 0 Å². The molecule has 5 heteroatoms. The van der Waals surface area contributed by atoms with Gasteiger partial charge in [-0.15, -0.1) is 0 Å². The van der Waals surface area contributed by atoms with Gasteiger partial charge in [0.1, 0.15) is 11.9 Å². The molecular weight excluding hydrogens is 436 g/mol. The highest BCUT2D eigenvalue weighted by molar-refractivity contribution is 5.72. The van der Waals surface area contributed by atoms with Crippen molar-refractivity contribution in [3.63, 3.8) is 0 Å². The minimum absolute atomic E-state index is 0.0273. The first-order chi connectivity index (χ1) is 16.8. The standard InChI is InChI=1S/C30H40N2O3/c1-5-6-15-34-24-9-7-21(8-10-24)25-17-23-18-30(3,4)28(26(23)16-20(25)2)31-29(33)35-27-19-32-13-11-22(27)12-14-32/h7-10,16-17,22,27-28H,5-6,11-15,18-19H2,1-4H3,(H,31,33)/t27-,28+/m1/s1. The van der Waals surface area contributed by atoms with Crippen molar-refractivity contribution in [3.05, 3.63) is 53.1 Å². The van der Waals surface area contributed by atoms with E-state index >= 15 is 0 Å². The Bertz CT molecular complexity index is 1050. The van der Waals surface area contributed by atoms with Gasteiger partial charge in [0.05, 0.1) is 12.6 Å². The van der Waals surface area contributed by atoms with Crippen molar-refractivity contribution in [1.82, 2.24) is 10.2 Å². The monoisotopic (exact) mass is 476 g/mol. The number of piperidine rings is 3. The Morgan fingerprint density at radius 3 is 2.54 bits per heavy atom. The lowest BCUT2D eigenvalue weighted by Crippen LogP contribution is -2.53. The van der Waals surface area contributed by atoms with Gasteiger partial charge in [0.25, 0.3) is 0 Å². The summed E-state index contributed by atoms with van der Waals surface area (Å²) in [5.74, 6) is 1.44. The van der Waals surface area contributed by atoms with Crippen LogP contribution in [0.3, 0.4) is 0 Å². The molecule has 1 amide bonds. The number of hydrogen-bond donors (Lipinski definition) is 1. The van der Waals surface area contributed by atoms with Gasteiger partial charge in [-0.25, -0.2) is 4.79 Å². The van der Waals surface area contributed by atoms with Gasteiger partial charge in [0, 0.05) is 6.54 Å². The Balaban J connectivity index is 1.30. The number of rotatable bonds is 7. The van der Waals surface area contributed by atoms with Gasteiger partial charge in [-0.1, -0.05) is 51.5 Å². The maximum atomic E-state index is 13.0. The average molecular weight is 477 g/mol. The molecule has 3 heterocycles. The largest absolute Gasteiger partial charge is 0.494 e. The summed E-state index contributed by atoms with van der Waals surface area (Å²) in [4.78, 5) is 15.4. The van der Waals surface area contributed by atoms with E-state index in [9.17, 15) is 4.79 Å². The predicted molar refractivity (Wildman–Crippen MR) is 140 cm³/mol. The maximum Gasteiger partial charge on any atom is 0.407 e. The molecule has 3 fully saturated rings. The highest BCUT2D eigenvalue weighted by atomic mass is 16.6. The van der Waals surface area contributed by atoms with E-state index in [1.54, 1.807) is 0 Å². The van der Waals surface area contributed by atoms with Gasteiger partial charge >= 0.3 is 6.09 Å². The molecule has 0 radical (unpaired) electrons. The van der Waals surface area contributed by atoms with Gasteiger partial charge in [-0.2, -0.15) is 0 Å². The summed E-state index contributed by atoms with van der Waals surface area (Å²) in [5.41, 5.74) is 6.13. The molecule has 2 atom stereocenters. The molecule has 188 valence electrons. The molecule has 35 heavy (non-hydrogen) atoms. The minimum atomic E-state index is -0.268. The van der Waals surface area contributed by atoms with Gasteiger partial charge in [0.15, 0.2) is 0 Å². The first-order valence-corrected chi connectivity index (χ1v) is 13.4. The number of unbranched alkanes of at least 4 members (excludes halogenated alkanes) is 1. The fraction of sp³-hybridized carbons (Fsp3) is 0.567. The second kappa shape index (κ2) is 9.85. The van der Waals surface area contributed by atoms with Crippen LogP contribution in [-0.4, -0.2) is 43.3 Å². The zero-order valence-electron chi connectivity index (χ0n) is 21.7. The Labute approximate surface area is 210 Å². The average Bonchev–Trinajstić information content (AvgIpc) is 3.08. The molecule has 1 N–H and O–H groups in total. The Kier molecular flexibility index (Phi) is 6.80. The fourth-order valence-electron chi connectivity index (χ4n) is 6.19. The summed E-state index contributed by atoms with van der Waals surface area (Å²) in [7, 11) is 0. The van der Waals surface area contributed by atoms with Crippen LogP contribution >= 0.6 is 0 Å². The zero-order valence-corrected chi connectivity index (χ0v) is 21.7. The van der Waals surface area contributed by atoms with Crippen molar-refractivity contribution >= 4 is 6.09 Å². The van der Waals surface area contributed by atoms with E-state index in [-0.39, 0.29) is 23.7 Å². The van der Waals surface area contributed by atoms with Crippen molar-refractivity contribution in [3.8, 4) is 16.9 Å². The maximum absolute atomic E-state index is 13.0. The summed E-state index contributed by atoms with van der Waals surface area (Å²) in [6, 6.07) is 13.0. The molecule has 6 rings (SSSR count). The lowest BCUT2D eigenvalue weighted by atomic mass is 9.85. The summed E-state index contributed by atoms with van der Waals surface area (Å²) >= 11 is 0. The minimum Gasteiger partial charge on any atom is -0.494 e. The molecule has 1 aliphatic carbocycles. The first-order valence-electron chi connectivity index (χ1n) is 13.4. The highest BCUT2D eigenvalue weighted by Crippen LogP contribution is 2.47. The third-order valence-electron chi connectivity index (χ3n) is 8.27. The normalized spacial score (nSPS) is 26.3. The lowest BCUT2D eigenvalue weighted by molar-refractivity contribution is -0.0348. The summed E-state index contributed by atoms with van der Waals surface area (Å²) in [6.07, 6.45) is 5.18. The first kappa shape index (κ1) is 24.2. The van der Waals surface area contributed by atoms with E-state index in [2.05, 4.69) is 74.3 Å². The van der Waals surface area contributed by atoms with Crippen molar-refractivity contribution < 1.29 is 14.3 Å². The van der Waals surface area contributed by atoms with Crippen LogP contribution in [-0.2, 0) is 11.2 Å². The molecule has 0 saturated carbocycles. The second-order valence-electron chi connectivity index (χ2n) is 11.4. The van der Waals surface area contributed by atoms with Gasteiger partial charge in [-0.3, -0.25) is 4.90 Å². The summed E-state index contributed by atoms with van der Waals surface area (Å²) in [6.45, 7) is 12.7. The molecule has 2 bridgehead atoms.